The van der Waals surface area contributed by atoms with Crippen LogP contribution in [0.25, 0.3) is 0 Å². The molecule has 2 N–H and O–H groups in total. The van der Waals surface area contributed by atoms with E-state index >= 15 is 0 Å². The molecule has 1 aromatic rings. The average Bonchev–Trinajstić information content (AvgIpc) is 2.43. The average molecular weight is 282 g/mol. The standard InChI is InChI=1S/C16H27FN2O/c1-4-15(18)10-13-9-14(17)12-16(11-13)20-8-7-19(5-2)6-3/h9,11-12,15H,4-8,10,18H2,1-3H3. The molecule has 1 unspecified atom stereocenters. The van der Waals surface area contributed by atoms with Crippen LogP contribution in [0.15, 0.2) is 18.2 Å². The normalized spacial score (nSPS) is 12.7. The van der Waals surface area contributed by atoms with Gasteiger partial charge in [-0.15, -0.1) is 0 Å². The lowest BCUT2D eigenvalue weighted by atomic mass is 10.0. The van der Waals surface area contributed by atoms with Gasteiger partial charge in [0.1, 0.15) is 18.2 Å². The molecule has 0 aliphatic rings. The van der Waals surface area contributed by atoms with Gasteiger partial charge in [0.25, 0.3) is 0 Å². The lowest BCUT2D eigenvalue weighted by Gasteiger charge is -2.18. The Bertz CT molecular complexity index is 394. The molecule has 0 saturated carbocycles. The van der Waals surface area contributed by atoms with E-state index in [1.807, 2.05) is 13.0 Å². The highest BCUT2D eigenvalue weighted by atomic mass is 19.1. The maximum atomic E-state index is 13.6. The van der Waals surface area contributed by atoms with Crippen LogP contribution in [0.1, 0.15) is 32.8 Å². The monoisotopic (exact) mass is 282 g/mol. The molecule has 0 saturated heterocycles. The smallest absolute Gasteiger partial charge is 0.127 e. The first-order chi connectivity index (χ1) is 9.58. The molecule has 1 atom stereocenters. The summed E-state index contributed by atoms with van der Waals surface area (Å²) in [5.74, 6) is 0.333. The van der Waals surface area contributed by atoms with Gasteiger partial charge in [-0.3, -0.25) is 0 Å². The van der Waals surface area contributed by atoms with Gasteiger partial charge in [0.15, 0.2) is 0 Å². The highest BCUT2D eigenvalue weighted by Crippen LogP contribution is 2.18. The van der Waals surface area contributed by atoms with Gasteiger partial charge in [0, 0.05) is 18.7 Å². The molecule has 0 radical (unpaired) electrons. The summed E-state index contributed by atoms with van der Waals surface area (Å²) in [5.41, 5.74) is 6.81. The first kappa shape index (κ1) is 16.9. The number of rotatable bonds is 9. The van der Waals surface area contributed by atoms with Crippen molar-refractivity contribution in [1.29, 1.82) is 0 Å². The van der Waals surface area contributed by atoms with E-state index in [0.29, 0.717) is 18.8 Å². The minimum absolute atomic E-state index is 0.0697. The second-order valence-corrected chi connectivity index (χ2v) is 5.04. The zero-order chi connectivity index (χ0) is 15.0. The van der Waals surface area contributed by atoms with Crippen LogP contribution in [0.5, 0.6) is 5.75 Å². The van der Waals surface area contributed by atoms with E-state index in [0.717, 1.165) is 31.6 Å². The van der Waals surface area contributed by atoms with Crippen molar-refractivity contribution in [2.75, 3.05) is 26.2 Å². The molecule has 114 valence electrons. The Morgan fingerprint density at radius 3 is 2.50 bits per heavy atom. The van der Waals surface area contributed by atoms with Crippen LogP contribution in [0.4, 0.5) is 4.39 Å². The number of nitrogens with zero attached hydrogens (tertiary/aromatic N) is 1. The Labute approximate surface area is 121 Å². The highest BCUT2D eigenvalue weighted by molar-refractivity contribution is 5.30. The van der Waals surface area contributed by atoms with Crippen LogP contribution in [-0.4, -0.2) is 37.2 Å². The maximum absolute atomic E-state index is 13.6. The molecular weight excluding hydrogens is 255 g/mol. The Morgan fingerprint density at radius 1 is 1.20 bits per heavy atom. The van der Waals surface area contributed by atoms with Crippen molar-refractivity contribution >= 4 is 0 Å². The number of halogens is 1. The van der Waals surface area contributed by atoms with Crippen LogP contribution in [0.2, 0.25) is 0 Å². The second kappa shape index (κ2) is 8.93. The van der Waals surface area contributed by atoms with Crippen molar-refractivity contribution in [1.82, 2.24) is 4.90 Å². The molecule has 0 aliphatic heterocycles. The zero-order valence-electron chi connectivity index (χ0n) is 12.9. The van der Waals surface area contributed by atoms with Crippen LogP contribution in [0, 0.1) is 5.82 Å². The summed E-state index contributed by atoms with van der Waals surface area (Å²) in [4.78, 5) is 2.27. The third kappa shape index (κ3) is 5.88. The van der Waals surface area contributed by atoms with Gasteiger partial charge in [0.05, 0.1) is 0 Å². The van der Waals surface area contributed by atoms with Crippen molar-refractivity contribution in [3.05, 3.63) is 29.6 Å². The quantitative estimate of drug-likeness (QED) is 0.757. The summed E-state index contributed by atoms with van der Waals surface area (Å²) in [7, 11) is 0. The predicted molar refractivity (Wildman–Crippen MR) is 81.7 cm³/mol. The van der Waals surface area contributed by atoms with Crippen molar-refractivity contribution < 1.29 is 9.13 Å². The summed E-state index contributed by atoms with van der Waals surface area (Å²) in [5, 5.41) is 0. The summed E-state index contributed by atoms with van der Waals surface area (Å²) in [6.07, 6.45) is 1.56. The zero-order valence-corrected chi connectivity index (χ0v) is 12.9. The predicted octanol–water partition coefficient (Wildman–Crippen LogP) is 2.83. The van der Waals surface area contributed by atoms with Gasteiger partial charge >= 0.3 is 0 Å². The molecule has 20 heavy (non-hydrogen) atoms. The molecule has 0 aliphatic carbocycles. The van der Waals surface area contributed by atoms with Crippen LogP contribution >= 0.6 is 0 Å². The van der Waals surface area contributed by atoms with E-state index < -0.39 is 0 Å². The third-order valence-corrected chi connectivity index (χ3v) is 3.52. The number of ether oxygens (including phenoxy) is 1. The van der Waals surface area contributed by atoms with Gasteiger partial charge in [0.2, 0.25) is 0 Å². The van der Waals surface area contributed by atoms with Crippen LogP contribution in [-0.2, 0) is 6.42 Å². The Balaban J connectivity index is 2.57. The van der Waals surface area contributed by atoms with E-state index in [4.69, 9.17) is 10.5 Å². The Kier molecular flexibility index (Phi) is 7.55. The number of hydrogen-bond donors (Lipinski definition) is 1. The van der Waals surface area contributed by atoms with Crippen molar-refractivity contribution in [2.24, 2.45) is 5.73 Å². The van der Waals surface area contributed by atoms with Gasteiger partial charge in [-0.05, 0) is 43.6 Å². The van der Waals surface area contributed by atoms with Gasteiger partial charge in [-0.2, -0.15) is 0 Å². The fourth-order valence-corrected chi connectivity index (χ4v) is 2.10. The fourth-order valence-electron chi connectivity index (χ4n) is 2.10. The largest absolute Gasteiger partial charge is 0.492 e. The number of benzene rings is 1. The first-order valence-electron chi connectivity index (χ1n) is 7.49. The number of likely N-dealkylation sites (N-methyl/N-ethyl adjacent to an activating group) is 1. The fraction of sp³-hybridized carbons (Fsp3) is 0.625. The number of nitrogens with two attached hydrogens (primary N) is 1. The highest BCUT2D eigenvalue weighted by Gasteiger charge is 2.06. The van der Waals surface area contributed by atoms with Crippen molar-refractivity contribution in [3.8, 4) is 5.75 Å². The molecule has 0 amide bonds. The maximum Gasteiger partial charge on any atom is 0.127 e. The second-order valence-electron chi connectivity index (χ2n) is 5.04. The lowest BCUT2D eigenvalue weighted by molar-refractivity contribution is 0.222. The molecular formula is C16H27FN2O. The van der Waals surface area contributed by atoms with E-state index in [-0.39, 0.29) is 11.9 Å². The van der Waals surface area contributed by atoms with Crippen molar-refractivity contribution in [2.45, 2.75) is 39.7 Å². The summed E-state index contributed by atoms with van der Waals surface area (Å²) in [6, 6.07) is 4.93. The van der Waals surface area contributed by atoms with Crippen molar-refractivity contribution in [3.63, 3.8) is 0 Å². The molecule has 3 nitrogen and oxygen atoms in total. The molecule has 0 bridgehead atoms. The summed E-state index contributed by atoms with van der Waals surface area (Å²) < 4.78 is 19.2. The molecule has 0 spiro atoms. The minimum atomic E-state index is -0.261. The van der Waals surface area contributed by atoms with E-state index in [2.05, 4.69) is 18.7 Å². The molecule has 1 aromatic carbocycles. The SMILES string of the molecule is CCC(N)Cc1cc(F)cc(OCCN(CC)CC)c1. The van der Waals surface area contributed by atoms with Crippen LogP contribution in [0.3, 0.4) is 0 Å². The van der Waals surface area contributed by atoms with Gasteiger partial charge < -0.3 is 15.4 Å². The first-order valence-corrected chi connectivity index (χ1v) is 7.49. The summed E-state index contributed by atoms with van der Waals surface area (Å²) in [6.45, 7) is 9.70. The topological polar surface area (TPSA) is 38.5 Å². The molecule has 1 rings (SSSR count). The molecule has 4 heteroatoms. The number of hydrogen-bond acceptors (Lipinski definition) is 3. The molecule has 0 aromatic heterocycles. The molecule has 0 fully saturated rings. The Morgan fingerprint density at radius 2 is 1.90 bits per heavy atom. The summed E-state index contributed by atoms with van der Waals surface area (Å²) >= 11 is 0. The van der Waals surface area contributed by atoms with Gasteiger partial charge in [-0.25, -0.2) is 4.39 Å². The van der Waals surface area contributed by atoms with E-state index in [1.54, 1.807) is 0 Å². The lowest BCUT2D eigenvalue weighted by Crippen LogP contribution is -2.28. The van der Waals surface area contributed by atoms with E-state index in [1.165, 1.54) is 12.1 Å². The Hall–Kier alpha value is -1.13. The third-order valence-electron chi connectivity index (χ3n) is 3.52. The van der Waals surface area contributed by atoms with Crippen LogP contribution < -0.4 is 10.5 Å². The van der Waals surface area contributed by atoms with Gasteiger partial charge in [-0.1, -0.05) is 20.8 Å². The molecule has 0 heterocycles. The van der Waals surface area contributed by atoms with E-state index in [9.17, 15) is 4.39 Å². The minimum Gasteiger partial charge on any atom is -0.492 e.